The molecule has 7 nitrogen and oxygen atoms in total. The van der Waals surface area contributed by atoms with Crippen molar-refractivity contribution in [2.24, 2.45) is 0 Å². The molecule has 1 aliphatic rings. The molecule has 1 aromatic rings. The number of anilines is 1. The van der Waals surface area contributed by atoms with E-state index in [-0.39, 0.29) is 12.0 Å². The van der Waals surface area contributed by atoms with Crippen molar-refractivity contribution >= 4 is 17.8 Å². The molecule has 25 heavy (non-hydrogen) atoms. The number of amides is 2. The van der Waals surface area contributed by atoms with Gasteiger partial charge in [-0.05, 0) is 25.5 Å². The average molecular weight is 348 g/mol. The van der Waals surface area contributed by atoms with Gasteiger partial charge in [0, 0.05) is 46.0 Å². The molecule has 0 aliphatic carbocycles. The van der Waals surface area contributed by atoms with Gasteiger partial charge in [0.25, 0.3) is 5.91 Å². The first kappa shape index (κ1) is 19.0. The lowest BCUT2D eigenvalue weighted by Gasteiger charge is -2.34. The number of carbonyl (C=O) groups excluding carboxylic acids is 2. The van der Waals surface area contributed by atoms with Crippen LogP contribution in [0.2, 0.25) is 0 Å². The van der Waals surface area contributed by atoms with E-state index in [2.05, 4.69) is 16.8 Å². The van der Waals surface area contributed by atoms with Gasteiger partial charge in [0.2, 0.25) is 0 Å². The van der Waals surface area contributed by atoms with E-state index < -0.39 is 0 Å². The molecule has 7 heteroatoms. The molecule has 0 bridgehead atoms. The number of hydrogen-bond acceptors (Lipinski definition) is 5. The molecule has 2 heterocycles. The smallest absolute Gasteiger partial charge is 0.409 e. The summed E-state index contributed by atoms with van der Waals surface area (Å²) in [6.07, 6.45) is 3.58. The first-order chi connectivity index (χ1) is 12.1. The van der Waals surface area contributed by atoms with Crippen molar-refractivity contribution in [1.82, 2.24) is 14.8 Å². The second-order valence-electron chi connectivity index (χ2n) is 6.16. The molecule has 1 saturated heterocycles. The topological polar surface area (TPSA) is 66.0 Å². The SMILES string of the molecule is CCCCN(C)c1ccc(C(=O)N2CCN(C(=O)OCC)CC2)cn1. The summed E-state index contributed by atoms with van der Waals surface area (Å²) in [7, 11) is 2.01. The maximum absolute atomic E-state index is 12.6. The summed E-state index contributed by atoms with van der Waals surface area (Å²) in [5, 5.41) is 0. The van der Waals surface area contributed by atoms with Crippen molar-refractivity contribution in [2.45, 2.75) is 26.7 Å². The number of carbonyl (C=O) groups is 2. The van der Waals surface area contributed by atoms with Gasteiger partial charge in [-0.15, -0.1) is 0 Å². The number of piperazine rings is 1. The van der Waals surface area contributed by atoms with Crippen LogP contribution in [0.1, 0.15) is 37.0 Å². The summed E-state index contributed by atoms with van der Waals surface area (Å²) < 4.78 is 4.99. The molecule has 0 spiro atoms. The van der Waals surface area contributed by atoms with Gasteiger partial charge in [0.05, 0.1) is 12.2 Å². The molecule has 0 N–H and O–H groups in total. The van der Waals surface area contributed by atoms with E-state index >= 15 is 0 Å². The molecule has 2 amide bonds. The minimum atomic E-state index is -0.310. The van der Waals surface area contributed by atoms with Crippen molar-refractivity contribution in [3.8, 4) is 0 Å². The first-order valence-electron chi connectivity index (χ1n) is 8.95. The summed E-state index contributed by atoms with van der Waals surface area (Å²) in [6.45, 7) is 7.27. The van der Waals surface area contributed by atoms with Crippen molar-refractivity contribution in [3.05, 3.63) is 23.9 Å². The zero-order valence-corrected chi connectivity index (χ0v) is 15.4. The standard InChI is InChI=1S/C18H28N4O3/c1-4-6-9-20(3)16-8-7-15(14-19-16)17(23)21-10-12-22(13-11-21)18(24)25-5-2/h7-8,14H,4-6,9-13H2,1-3H3. The third kappa shape index (κ3) is 5.08. The number of unbranched alkanes of at least 4 members (excludes halogenated alkanes) is 1. The van der Waals surface area contributed by atoms with Crippen LogP contribution in [0.3, 0.4) is 0 Å². The fraction of sp³-hybridized carbons (Fsp3) is 0.611. The molecule has 1 aromatic heterocycles. The molecule has 0 unspecified atom stereocenters. The lowest BCUT2D eigenvalue weighted by molar-refractivity contribution is 0.0570. The minimum absolute atomic E-state index is 0.0428. The Morgan fingerprint density at radius 1 is 1.16 bits per heavy atom. The normalized spacial score (nSPS) is 14.4. The van der Waals surface area contributed by atoms with E-state index in [1.165, 1.54) is 0 Å². The molecule has 0 radical (unpaired) electrons. The van der Waals surface area contributed by atoms with Gasteiger partial charge in [-0.2, -0.15) is 0 Å². The monoisotopic (exact) mass is 348 g/mol. The van der Waals surface area contributed by atoms with Crippen LogP contribution in [-0.2, 0) is 4.74 Å². The van der Waals surface area contributed by atoms with Crippen LogP contribution >= 0.6 is 0 Å². The Balaban J connectivity index is 1.90. The molecular weight excluding hydrogens is 320 g/mol. The van der Waals surface area contributed by atoms with Crippen LogP contribution in [0.15, 0.2) is 18.3 Å². The van der Waals surface area contributed by atoms with Gasteiger partial charge >= 0.3 is 6.09 Å². The second kappa shape index (κ2) is 9.25. The molecule has 1 fully saturated rings. The highest BCUT2D eigenvalue weighted by molar-refractivity contribution is 5.94. The maximum atomic E-state index is 12.6. The molecule has 2 rings (SSSR count). The third-order valence-electron chi connectivity index (χ3n) is 4.33. The highest BCUT2D eigenvalue weighted by atomic mass is 16.6. The summed E-state index contributed by atoms with van der Waals surface area (Å²) >= 11 is 0. The van der Waals surface area contributed by atoms with Crippen LogP contribution in [0, 0.1) is 0 Å². The number of rotatable bonds is 6. The van der Waals surface area contributed by atoms with Gasteiger partial charge in [0.15, 0.2) is 0 Å². The van der Waals surface area contributed by atoms with E-state index in [9.17, 15) is 9.59 Å². The van der Waals surface area contributed by atoms with Crippen LogP contribution in [0.5, 0.6) is 0 Å². The predicted octanol–water partition coefficient (Wildman–Crippen LogP) is 2.23. The van der Waals surface area contributed by atoms with Crippen LogP contribution in [-0.4, -0.2) is 73.2 Å². The van der Waals surface area contributed by atoms with E-state index in [1.54, 1.807) is 22.9 Å². The Bertz CT molecular complexity index is 568. The summed E-state index contributed by atoms with van der Waals surface area (Å²) in [4.78, 5) is 34.2. The minimum Gasteiger partial charge on any atom is -0.450 e. The highest BCUT2D eigenvalue weighted by Gasteiger charge is 2.25. The summed E-state index contributed by atoms with van der Waals surface area (Å²) in [6, 6.07) is 3.71. The quantitative estimate of drug-likeness (QED) is 0.789. The average Bonchev–Trinajstić information content (AvgIpc) is 2.66. The third-order valence-corrected chi connectivity index (χ3v) is 4.33. The first-order valence-corrected chi connectivity index (χ1v) is 8.95. The van der Waals surface area contributed by atoms with E-state index in [0.717, 1.165) is 25.2 Å². The molecule has 0 aromatic carbocycles. The molecule has 0 atom stereocenters. The van der Waals surface area contributed by atoms with Crippen molar-refractivity contribution in [3.63, 3.8) is 0 Å². The number of pyridine rings is 1. The predicted molar refractivity (Wildman–Crippen MR) is 96.9 cm³/mol. The van der Waals surface area contributed by atoms with Crippen LogP contribution < -0.4 is 4.90 Å². The number of nitrogens with zero attached hydrogens (tertiary/aromatic N) is 4. The Morgan fingerprint density at radius 2 is 1.84 bits per heavy atom. The lowest BCUT2D eigenvalue weighted by Crippen LogP contribution is -2.50. The number of ether oxygens (including phenoxy) is 1. The number of aromatic nitrogens is 1. The van der Waals surface area contributed by atoms with Gasteiger partial charge in [-0.1, -0.05) is 13.3 Å². The Labute approximate surface area is 149 Å². The Morgan fingerprint density at radius 3 is 2.40 bits per heavy atom. The van der Waals surface area contributed by atoms with Crippen molar-refractivity contribution in [1.29, 1.82) is 0 Å². The molecule has 0 saturated carbocycles. The second-order valence-corrected chi connectivity index (χ2v) is 6.16. The zero-order valence-electron chi connectivity index (χ0n) is 15.4. The Hall–Kier alpha value is -2.31. The van der Waals surface area contributed by atoms with Gasteiger partial charge in [0.1, 0.15) is 5.82 Å². The summed E-state index contributed by atoms with van der Waals surface area (Å²) in [5.41, 5.74) is 0.581. The molecule has 138 valence electrons. The molecular formula is C18H28N4O3. The largest absolute Gasteiger partial charge is 0.450 e. The molecule has 1 aliphatic heterocycles. The maximum Gasteiger partial charge on any atom is 0.409 e. The van der Waals surface area contributed by atoms with Crippen LogP contribution in [0.4, 0.5) is 10.6 Å². The fourth-order valence-corrected chi connectivity index (χ4v) is 2.74. The van der Waals surface area contributed by atoms with Gasteiger partial charge < -0.3 is 19.4 Å². The van der Waals surface area contributed by atoms with Crippen molar-refractivity contribution < 1.29 is 14.3 Å². The zero-order chi connectivity index (χ0) is 18.2. The fourth-order valence-electron chi connectivity index (χ4n) is 2.74. The van der Waals surface area contributed by atoms with E-state index in [0.29, 0.717) is 38.3 Å². The van der Waals surface area contributed by atoms with Crippen molar-refractivity contribution in [2.75, 3.05) is 51.3 Å². The number of hydrogen-bond donors (Lipinski definition) is 0. The Kier molecular flexibility index (Phi) is 7.03. The van der Waals surface area contributed by atoms with Gasteiger partial charge in [-0.25, -0.2) is 9.78 Å². The van der Waals surface area contributed by atoms with Crippen LogP contribution in [0.25, 0.3) is 0 Å². The van der Waals surface area contributed by atoms with Gasteiger partial charge in [-0.3, -0.25) is 4.79 Å². The highest BCUT2D eigenvalue weighted by Crippen LogP contribution is 2.13. The van der Waals surface area contributed by atoms with E-state index in [1.807, 2.05) is 19.2 Å². The summed E-state index contributed by atoms with van der Waals surface area (Å²) in [5.74, 6) is 0.830. The van der Waals surface area contributed by atoms with E-state index in [4.69, 9.17) is 4.74 Å². The lowest BCUT2D eigenvalue weighted by atomic mass is 10.2.